The molecule has 0 aliphatic heterocycles. The third-order valence-corrected chi connectivity index (χ3v) is 16.3. The first-order valence-corrected chi connectivity index (χ1v) is 28.9. The molecule has 0 saturated heterocycles. The number of aromatic nitrogens is 4. The molecule has 16 aromatic rings. The van der Waals surface area contributed by atoms with Gasteiger partial charge in [0, 0.05) is 54.9 Å². The number of furan rings is 2. The predicted octanol–water partition coefficient (Wildman–Crippen LogP) is 21.4. The molecular formula is C80H50N4O2. The topological polar surface area (TPSA) is 77.8 Å². The van der Waals surface area contributed by atoms with E-state index in [9.17, 15) is 0 Å². The van der Waals surface area contributed by atoms with E-state index in [0.717, 1.165) is 145 Å². The van der Waals surface area contributed by atoms with Crippen LogP contribution < -0.4 is 0 Å². The first kappa shape index (κ1) is 50.2. The molecule has 402 valence electrons. The Labute approximate surface area is 496 Å². The van der Waals surface area contributed by atoms with Crippen molar-refractivity contribution in [3.63, 3.8) is 0 Å². The van der Waals surface area contributed by atoms with E-state index in [4.69, 9.17) is 28.8 Å². The van der Waals surface area contributed by atoms with Gasteiger partial charge in [-0.05, 0) is 128 Å². The van der Waals surface area contributed by atoms with Crippen molar-refractivity contribution >= 4 is 43.9 Å². The highest BCUT2D eigenvalue weighted by Crippen LogP contribution is 2.39. The number of para-hydroxylation sites is 1. The minimum absolute atomic E-state index is 0.654. The Morgan fingerprint density at radius 2 is 0.442 bits per heavy atom. The summed E-state index contributed by atoms with van der Waals surface area (Å²) in [5, 5.41) is 4.29. The summed E-state index contributed by atoms with van der Waals surface area (Å²) in [6.07, 6.45) is 0. The van der Waals surface area contributed by atoms with Crippen molar-refractivity contribution in [2.45, 2.75) is 0 Å². The molecule has 0 atom stereocenters. The number of hydrogen-bond donors (Lipinski definition) is 0. The van der Waals surface area contributed by atoms with Crippen molar-refractivity contribution in [3.05, 3.63) is 303 Å². The van der Waals surface area contributed by atoms with Gasteiger partial charge in [0.2, 0.25) is 0 Å². The van der Waals surface area contributed by atoms with E-state index in [-0.39, 0.29) is 0 Å². The minimum Gasteiger partial charge on any atom is -0.456 e. The first-order chi connectivity index (χ1) is 42.5. The highest BCUT2D eigenvalue weighted by atomic mass is 16.3. The maximum Gasteiger partial charge on any atom is 0.160 e. The molecule has 0 aliphatic carbocycles. The molecule has 0 fully saturated rings. The molecule has 0 N–H and O–H groups in total. The standard InChI is InChI=1S/C80H50N4O2/c1-4-15-51(16-5-1)58-21-12-22-59(43-58)54-33-35-57(36-34-54)79-81-71(55-17-6-2-7-18-55)49-73(83-79)65-39-42-70-69-40-37-63(46-76(69)86-78(70)48-65)62-25-13-23-60(44-62)52-29-31-53(32-30-52)61-24-14-26-66(45-61)80-82-72(56-19-8-3-9-20-56)50-74(84-80)64-38-41-68-67-27-10-11-28-75(67)85-77(68)47-64/h1-50H. The van der Waals surface area contributed by atoms with Gasteiger partial charge in [0.1, 0.15) is 22.3 Å². The Balaban J connectivity index is 0.669. The van der Waals surface area contributed by atoms with E-state index in [2.05, 4.69) is 243 Å². The average Bonchev–Trinajstić information content (AvgIpc) is 3.15. The van der Waals surface area contributed by atoms with E-state index in [1.807, 2.05) is 60.7 Å². The fraction of sp³-hybridized carbons (Fsp3) is 0. The highest BCUT2D eigenvalue weighted by Gasteiger charge is 2.18. The lowest BCUT2D eigenvalue weighted by Crippen LogP contribution is -1.96. The van der Waals surface area contributed by atoms with Crippen LogP contribution in [0.1, 0.15) is 0 Å². The largest absolute Gasteiger partial charge is 0.456 e. The van der Waals surface area contributed by atoms with Crippen molar-refractivity contribution in [2.24, 2.45) is 0 Å². The molecule has 6 heteroatoms. The Hall–Kier alpha value is -11.6. The Bertz CT molecular complexity index is 5210. The van der Waals surface area contributed by atoms with Crippen LogP contribution in [0.15, 0.2) is 312 Å². The molecule has 0 radical (unpaired) electrons. The second-order valence-corrected chi connectivity index (χ2v) is 21.8. The van der Waals surface area contributed by atoms with Gasteiger partial charge in [0.25, 0.3) is 0 Å². The number of rotatable bonds is 11. The maximum atomic E-state index is 6.73. The molecule has 0 aliphatic rings. The van der Waals surface area contributed by atoms with Crippen molar-refractivity contribution in [3.8, 4) is 123 Å². The molecule has 0 saturated carbocycles. The van der Waals surface area contributed by atoms with Gasteiger partial charge in [0.15, 0.2) is 11.6 Å². The van der Waals surface area contributed by atoms with E-state index >= 15 is 0 Å². The summed E-state index contributed by atoms with van der Waals surface area (Å²) in [4.78, 5) is 20.7. The monoisotopic (exact) mass is 1100 g/mol. The van der Waals surface area contributed by atoms with E-state index < -0.39 is 0 Å². The van der Waals surface area contributed by atoms with E-state index in [1.165, 1.54) is 11.1 Å². The molecule has 4 heterocycles. The molecule has 4 aromatic heterocycles. The van der Waals surface area contributed by atoms with Crippen LogP contribution in [0.5, 0.6) is 0 Å². The van der Waals surface area contributed by atoms with Crippen LogP contribution in [-0.2, 0) is 0 Å². The lowest BCUT2D eigenvalue weighted by atomic mass is 9.96. The second kappa shape index (κ2) is 21.3. The Morgan fingerprint density at radius 3 is 0.919 bits per heavy atom. The van der Waals surface area contributed by atoms with Crippen LogP contribution in [0, 0.1) is 0 Å². The SMILES string of the molecule is c1ccc(-c2cccc(-c3ccc(-c4nc(-c5ccccc5)cc(-c5ccc6c(c5)oc5cc(-c7cccc(-c8ccc(-c9cccc(-c%10nc(-c%11ccccc%11)cc(-c%11ccc%12c(c%11)oc%11ccccc%11%12)n%10)c9)cc8)c7)ccc56)n4)cc3)c2)cc1. The fourth-order valence-electron chi connectivity index (χ4n) is 11.9. The fourth-order valence-corrected chi connectivity index (χ4v) is 11.9. The molecule has 12 aromatic carbocycles. The van der Waals surface area contributed by atoms with Crippen molar-refractivity contribution in [2.75, 3.05) is 0 Å². The summed E-state index contributed by atoms with van der Waals surface area (Å²) < 4.78 is 13.0. The third kappa shape index (κ3) is 9.57. The first-order valence-electron chi connectivity index (χ1n) is 28.9. The van der Waals surface area contributed by atoms with Crippen LogP contribution in [-0.4, -0.2) is 19.9 Å². The van der Waals surface area contributed by atoms with Gasteiger partial charge in [-0.1, -0.05) is 231 Å². The normalized spacial score (nSPS) is 11.5. The molecule has 6 nitrogen and oxygen atoms in total. The van der Waals surface area contributed by atoms with Crippen LogP contribution >= 0.6 is 0 Å². The van der Waals surface area contributed by atoms with Gasteiger partial charge in [0.05, 0.1) is 22.8 Å². The van der Waals surface area contributed by atoms with Gasteiger partial charge in [-0.15, -0.1) is 0 Å². The zero-order valence-electron chi connectivity index (χ0n) is 46.5. The van der Waals surface area contributed by atoms with Crippen LogP contribution in [0.3, 0.4) is 0 Å². The zero-order valence-corrected chi connectivity index (χ0v) is 46.5. The van der Waals surface area contributed by atoms with E-state index in [0.29, 0.717) is 11.6 Å². The molecule has 0 spiro atoms. The lowest BCUT2D eigenvalue weighted by Gasteiger charge is -2.11. The van der Waals surface area contributed by atoms with Gasteiger partial charge in [-0.2, -0.15) is 0 Å². The van der Waals surface area contributed by atoms with Gasteiger partial charge < -0.3 is 8.83 Å². The number of hydrogen-bond acceptors (Lipinski definition) is 6. The van der Waals surface area contributed by atoms with Gasteiger partial charge >= 0.3 is 0 Å². The maximum absolute atomic E-state index is 6.73. The van der Waals surface area contributed by atoms with Gasteiger partial charge in [-0.3, -0.25) is 0 Å². The summed E-state index contributed by atoms with van der Waals surface area (Å²) in [5.74, 6) is 1.31. The van der Waals surface area contributed by atoms with Crippen LogP contribution in [0.4, 0.5) is 0 Å². The summed E-state index contributed by atoms with van der Waals surface area (Å²) in [5.41, 5.74) is 23.8. The molecule has 0 unspecified atom stereocenters. The molecule has 0 bridgehead atoms. The minimum atomic E-state index is 0.654. The molecular weight excluding hydrogens is 1050 g/mol. The summed E-state index contributed by atoms with van der Waals surface area (Å²) >= 11 is 0. The van der Waals surface area contributed by atoms with Crippen molar-refractivity contribution in [1.82, 2.24) is 19.9 Å². The van der Waals surface area contributed by atoms with Crippen molar-refractivity contribution < 1.29 is 8.83 Å². The Kier molecular flexibility index (Phi) is 12.4. The second-order valence-electron chi connectivity index (χ2n) is 21.8. The van der Waals surface area contributed by atoms with Gasteiger partial charge in [-0.25, -0.2) is 19.9 Å². The lowest BCUT2D eigenvalue weighted by molar-refractivity contribution is 0.668. The summed E-state index contributed by atoms with van der Waals surface area (Å²) in [6.45, 7) is 0. The summed E-state index contributed by atoms with van der Waals surface area (Å²) in [6, 6.07) is 106. The summed E-state index contributed by atoms with van der Waals surface area (Å²) in [7, 11) is 0. The van der Waals surface area contributed by atoms with Crippen LogP contribution in [0.25, 0.3) is 167 Å². The number of fused-ring (bicyclic) bond motifs is 6. The van der Waals surface area contributed by atoms with Crippen LogP contribution in [0.2, 0.25) is 0 Å². The molecule has 16 rings (SSSR count). The number of benzene rings is 12. The smallest absolute Gasteiger partial charge is 0.160 e. The highest BCUT2D eigenvalue weighted by molar-refractivity contribution is 6.08. The van der Waals surface area contributed by atoms with E-state index in [1.54, 1.807) is 0 Å². The quantitative estimate of drug-likeness (QED) is 0.128. The molecule has 86 heavy (non-hydrogen) atoms. The molecule has 0 amide bonds. The average molecular weight is 1100 g/mol. The third-order valence-electron chi connectivity index (χ3n) is 16.3. The zero-order chi connectivity index (χ0) is 56.9. The van der Waals surface area contributed by atoms with Crippen molar-refractivity contribution in [1.29, 1.82) is 0 Å². The predicted molar refractivity (Wildman–Crippen MR) is 352 cm³/mol. The Morgan fingerprint density at radius 1 is 0.163 bits per heavy atom. The number of nitrogens with zero attached hydrogens (tertiary/aromatic N) is 4.